The van der Waals surface area contributed by atoms with E-state index in [0.29, 0.717) is 13.1 Å². The molecule has 7 heteroatoms. The molecule has 1 aromatic heterocycles. The molecule has 4 aliphatic rings. The maximum atomic E-state index is 13.3. The van der Waals surface area contributed by atoms with E-state index in [0.717, 1.165) is 31.7 Å². The van der Waals surface area contributed by atoms with Crippen molar-refractivity contribution < 1.29 is 14.3 Å². The minimum atomic E-state index is -0.642. The molecular formula is C20H24N4O3. The Morgan fingerprint density at radius 3 is 2.89 bits per heavy atom. The van der Waals surface area contributed by atoms with Crippen LogP contribution >= 0.6 is 0 Å². The van der Waals surface area contributed by atoms with Crippen LogP contribution in [0.2, 0.25) is 0 Å². The monoisotopic (exact) mass is 368 g/mol. The number of likely N-dealkylation sites (N-methyl/N-ethyl adjacent to an activating group) is 1. The first-order valence-electron chi connectivity index (χ1n) is 9.60. The molecule has 5 heterocycles. The van der Waals surface area contributed by atoms with Crippen molar-refractivity contribution in [3.8, 4) is 0 Å². The number of fused-ring (bicyclic) bond motifs is 1. The molecule has 2 bridgehead atoms. The summed E-state index contributed by atoms with van der Waals surface area (Å²) in [4.78, 5) is 36.6. The van der Waals surface area contributed by atoms with Gasteiger partial charge in [0.25, 0.3) is 0 Å². The van der Waals surface area contributed by atoms with Gasteiger partial charge >= 0.3 is 0 Å². The molecule has 142 valence electrons. The number of pyridine rings is 1. The second kappa shape index (κ2) is 6.14. The molecule has 0 radical (unpaired) electrons. The normalized spacial score (nSPS) is 35.1. The van der Waals surface area contributed by atoms with E-state index < -0.39 is 17.4 Å². The maximum Gasteiger partial charge on any atom is 0.230 e. The SMILES string of the molecule is CN1CCN(C(=O)C2C3C(=O)N(Cc4cccnc4)C[C@@]34C=C[C@@H]2O4)CC1. The van der Waals surface area contributed by atoms with Crippen molar-refractivity contribution in [2.24, 2.45) is 11.8 Å². The van der Waals surface area contributed by atoms with Crippen molar-refractivity contribution in [2.75, 3.05) is 39.8 Å². The van der Waals surface area contributed by atoms with Crippen LogP contribution in [0.15, 0.2) is 36.7 Å². The van der Waals surface area contributed by atoms with E-state index in [1.54, 1.807) is 12.4 Å². The molecule has 27 heavy (non-hydrogen) atoms. The van der Waals surface area contributed by atoms with Gasteiger partial charge in [-0.1, -0.05) is 18.2 Å². The third kappa shape index (κ3) is 2.60. The lowest BCUT2D eigenvalue weighted by atomic mass is 9.76. The number of hydrogen-bond acceptors (Lipinski definition) is 5. The molecule has 2 unspecified atom stereocenters. The molecule has 3 saturated heterocycles. The van der Waals surface area contributed by atoms with Crippen molar-refractivity contribution in [3.63, 3.8) is 0 Å². The molecule has 1 spiro atoms. The Hall–Kier alpha value is -2.25. The summed E-state index contributed by atoms with van der Waals surface area (Å²) >= 11 is 0. The molecule has 5 rings (SSSR count). The standard InChI is InChI=1S/C20H24N4O3/c1-22-7-9-23(10-8-22)18(25)16-15-4-5-20(27-15)13-24(19(26)17(16)20)12-14-3-2-6-21-11-14/h2-6,11,15-17H,7-10,12-13H2,1H3/t15-,16?,17?,20-/m0/s1. The van der Waals surface area contributed by atoms with Crippen LogP contribution in [0.1, 0.15) is 5.56 Å². The highest BCUT2D eigenvalue weighted by molar-refractivity contribution is 5.93. The number of hydrogen-bond donors (Lipinski definition) is 0. The van der Waals surface area contributed by atoms with Crippen LogP contribution in [-0.2, 0) is 20.9 Å². The Labute approximate surface area is 158 Å². The number of rotatable bonds is 3. The zero-order valence-corrected chi connectivity index (χ0v) is 15.5. The van der Waals surface area contributed by atoms with E-state index in [9.17, 15) is 9.59 Å². The number of nitrogens with zero attached hydrogens (tertiary/aromatic N) is 4. The van der Waals surface area contributed by atoms with E-state index in [4.69, 9.17) is 4.74 Å². The van der Waals surface area contributed by atoms with Gasteiger partial charge in [0, 0.05) is 45.1 Å². The van der Waals surface area contributed by atoms with Gasteiger partial charge in [-0.2, -0.15) is 0 Å². The fraction of sp³-hybridized carbons (Fsp3) is 0.550. The number of aromatic nitrogens is 1. The van der Waals surface area contributed by atoms with Crippen molar-refractivity contribution in [3.05, 3.63) is 42.2 Å². The first-order valence-corrected chi connectivity index (χ1v) is 9.60. The molecule has 0 saturated carbocycles. The summed E-state index contributed by atoms with van der Waals surface area (Å²) in [7, 11) is 2.07. The van der Waals surface area contributed by atoms with Gasteiger partial charge < -0.3 is 19.4 Å². The first-order chi connectivity index (χ1) is 13.1. The van der Waals surface area contributed by atoms with Gasteiger partial charge in [-0.25, -0.2) is 0 Å². The minimum Gasteiger partial charge on any atom is -0.360 e. The van der Waals surface area contributed by atoms with Crippen molar-refractivity contribution in [1.82, 2.24) is 19.7 Å². The summed E-state index contributed by atoms with van der Waals surface area (Å²) < 4.78 is 6.22. The number of ether oxygens (including phenoxy) is 1. The van der Waals surface area contributed by atoms with Crippen molar-refractivity contribution in [2.45, 2.75) is 18.2 Å². The lowest BCUT2D eigenvalue weighted by Gasteiger charge is -2.35. The molecular weight excluding hydrogens is 344 g/mol. The van der Waals surface area contributed by atoms with Crippen LogP contribution < -0.4 is 0 Å². The zero-order valence-electron chi connectivity index (χ0n) is 15.5. The summed E-state index contributed by atoms with van der Waals surface area (Å²) in [5.74, 6) is -0.708. The third-order valence-electron chi connectivity index (χ3n) is 6.38. The molecule has 7 nitrogen and oxygen atoms in total. The molecule has 0 aromatic carbocycles. The summed E-state index contributed by atoms with van der Waals surface area (Å²) in [6.45, 7) is 4.19. The maximum absolute atomic E-state index is 13.3. The quantitative estimate of drug-likeness (QED) is 0.710. The van der Waals surface area contributed by atoms with E-state index in [2.05, 4.69) is 16.9 Å². The Morgan fingerprint density at radius 1 is 1.33 bits per heavy atom. The first kappa shape index (κ1) is 16.9. The van der Waals surface area contributed by atoms with E-state index in [1.807, 2.05) is 34.1 Å². The molecule has 1 aromatic rings. The van der Waals surface area contributed by atoms with Gasteiger partial charge in [0.15, 0.2) is 0 Å². The molecule has 0 aliphatic carbocycles. The molecule has 3 fully saturated rings. The average Bonchev–Trinajstić information content (AvgIpc) is 3.31. The Morgan fingerprint density at radius 2 is 2.15 bits per heavy atom. The molecule has 4 aliphatic heterocycles. The van der Waals surface area contributed by atoms with Crippen LogP contribution in [0.3, 0.4) is 0 Å². The fourth-order valence-corrected chi connectivity index (χ4v) is 4.94. The van der Waals surface area contributed by atoms with E-state index in [1.165, 1.54) is 0 Å². The number of piperazine rings is 1. The summed E-state index contributed by atoms with van der Waals surface area (Å²) in [5.41, 5.74) is 0.347. The molecule has 4 atom stereocenters. The summed E-state index contributed by atoms with van der Waals surface area (Å²) in [5, 5.41) is 0. The summed E-state index contributed by atoms with van der Waals surface area (Å²) in [6.07, 6.45) is 7.22. The predicted octanol–water partition coefficient (Wildman–Crippen LogP) is 0.138. The van der Waals surface area contributed by atoms with Crippen LogP contribution in [-0.4, -0.2) is 83.0 Å². The lowest BCUT2D eigenvalue weighted by molar-refractivity contribution is -0.144. The second-order valence-electron chi connectivity index (χ2n) is 8.08. The largest absolute Gasteiger partial charge is 0.360 e. The smallest absolute Gasteiger partial charge is 0.230 e. The average molecular weight is 368 g/mol. The zero-order chi connectivity index (χ0) is 18.6. The van der Waals surface area contributed by atoms with Crippen LogP contribution in [0.5, 0.6) is 0 Å². The van der Waals surface area contributed by atoms with Crippen molar-refractivity contribution in [1.29, 1.82) is 0 Å². The van der Waals surface area contributed by atoms with Crippen molar-refractivity contribution >= 4 is 11.8 Å². The van der Waals surface area contributed by atoms with Gasteiger partial charge in [-0.3, -0.25) is 14.6 Å². The van der Waals surface area contributed by atoms with E-state index in [-0.39, 0.29) is 17.9 Å². The van der Waals surface area contributed by atoms with Gasteiger partial charge in [0.1, 0.15) is 5.60 Å². The minimum absolute atomic E-state index is 0.0261. The third-order valence-corrected chi connectivity index (χ3v) is 6.38. The number of likely N-dealkylation sites (tertiary alicyclic amines) is 1. The topological polar surface area (TPSA) is 66.0 Å². The van der Waals surface area contributed by atoms with Gasteiger partial charge in [0.05, 0.1) is 24.5 Å². The Bertz CT molecular complexity index is 790. The predicted molar refractivity (Wildman–Crippen MR) is 97.5 cm³/mol. The van der Waals surface area contributed by atoms with Crippen LogP contribution in [0.4, 0.5) is 0 Å². The number of carbonyl (C=O) groups is 2. The number of amides is 2. The highest BCUT2D eigenvalue weighted by atomic mass is 16.5. The summed E-state index contributed by atoms with van der Waals surface area (Å²) in [6, 6.07) is 3.84. The lowest BCUT2D eigenvalue weighted by Crippen LogP contribution is -2.52. The second-order valence-corrected chi connectivity index (χ2v) is 8.08. The molecule has 2 amide bonds. The van der Waals surface area contributed by atoms with E-state index >= 15 is 0 Å². The molecule has 0 N–H and O–H groups in total. The van der Waals surface area contributed by atoms with Gasteiger partial charge in [0.2, 0.25) is 11.8 Å². The Kier molecular flexibility index (Phi) is 3.84. The number of carbonyl (C=O) groups excluding carboxylic acids is 2. The van der Waals surface area contributed by atoms with Gasteiger partial charge in [-0.05, 0) is 18.7 Å². The van der Waals surface area contributed by atoms with Crippen LogP contribution in [0, 0.1) is 11.8 Å². The fourth-order valence-electron chi connectivity index (χ4n) is 4.94. The highest BCUT2D eigenvalue weighted by Crippen LogP contribution is 2.52. The van der Waals surface area contributed by atoms with Gasteiger partial charge in [-0.15, -0.1) is 0 Å². The Balaban J connectivity index is 1.38. The highest BCUT2D eigenvalue weighted by Gasteiger charge is 2.67. The van der Waals surface area contributed by atoms with Crippen LogP contribution in [0.25, 0.3) is 0 Å².